The highest BCUT2D eigenvalue weighted by Gasteiger charge is 2.33. The number of hydrogen-bond acceptors (Lipinski definition) is 6. The third-order valence-electron chi connectivity index (χ3n) is 10.1. The summed E-state index contributed by atoms with van der Waals surface area (Å²) in [6.07, 6.45) is 6.17. The highest BCUT2D eigenvalue weighted by atomic mass is 35.5. The number of carbonyl (C=O) groups excluding carboxylic acids is 2. The highest BCUT2D eigenvalue weighted by molar-refractivity contribution is 6.33. The van der Waals surface area contributed by atoms with E-state index >= 15 is 0 Å². The SMILES string of the molecule is CCc1cc(C[C@@H](CC(=O)N2CCC(n3c(=O)[nH]c4c5ccccc5ncc43)CC2)C(=O)N2CCC(N(C)C)CC2)cc(Cl)c1N. The minimum absolute atomic E-state index is 0.0245. The molecule has 2 aromatic heterocycles. The molecule has 0 aliphatic carbocycles. The molecule has 2 aliphatic heterocycles. The molecule has 0 saturated carbocycles. The van der Waals surface area contributed by atoms with Gasteiger partial charge in [0.2, 0.25) is 11.8 Å². The van der Waals surface area contributed by atoms with Crippen molar-refractivity contribution in [3.8, 4) is 0 Å². The maximum Gasteiger partial charge on any atom is 0.326 e. The lowest BCUT2D eigenvalue weighted by molar-refractivity contribution is -0.142. The summed E-state index contributed by atoms with van der Waals surface area (Å²) in [7, 11) is 4.16. The number of nitrogen functional groups attached to an aromatic ring is 1. The number of amides is 2. The Labute approximate surface area is 274 Å². The molecular weight excluding hydrogens is 602 g/mol. The summed E-state index contributed by atoms with van der Waals surface area (Å²) < 4.78 is 1.80. The van der Waals surface area contributed by atoms with Crippen molar-refractivity contribution in [2.75, 3.05) is 46.0 Å². The first kappa shape index (κ1) is 32.1. The molecule has 0 spiro atoms. The Morgan fingerprint density at radius 2 is 1.76 bits per heavy atom. The van der Waals surface area contributed by atoms with Gasteiger partial charge in [0.05, 0.1) is 39.4 Å². The average molecular weight is 646 g/mol. The molecule has 2 fully saturated rings. The molecule has 10 nitrogen and oxygen atoms in total. The van der Waals surface area contributed by atoms with E-state index in [0.29, 0.717) is 62.2 Å². The van der Waals surface area contributed by atoms with Crippen LogP contribution in [0.15, 0.2) is 47.4 Å². The van der Waals surface area contributed by atoms with Crippen LogP contribution < -0.4 is 11.4 Å². The van der Waals surface area contributed by atoms with Crippen LogP contribution in [0, 0.1) is 5.92 Å². The standard InChI is InChI=1S/C35H44ClN7O3/c1-4-23-17-22(19-28(36)32(23)37)18-24(34(45)42-15-9-25(10-16-42)40(2)3)20-31(44)41-13-11-26(12-14-41)43-30-21-38-29-8-6-5-7-27(29)33(30)39-35(43)46/h5-8,17,19,21,24-26H,4,9-16,18,20,37H2,1-3H3,(H,39,46)/t24-/m0/s1. The lowest BCUT2D eigenvalue weighted by Gasteiger charge is -2.37. The second-order valence-corrected chi connectivity index (χ2v) is 13.5. The van der Waals surface area contributed by atoms with Crippen molar-refractivity contribution in [3.05, 3.63) is 69.2 Å². The normalized spacial score (nSPS) is 17.3. The molecule has 6 rings (SSSR count). The number of halogens is 1. The first-order valence-corrected chi connectivity index (χ1v) is 16.8. The van der Waals surface area contributed by atoms with Gasteiger partial charge in [0, 0.05) is 50.1 Å². The number of aromatic nitrogens is 3. The second-order valence-electron chi connectivity index (χ2n) is 13.1. The van der Waals surface area contributed by atoms with Crippen molar-refractivity contribution in [2.24, 2.45) is 5.92 Å². The van der Waals surface area contributed by atoms with E-state index in [1.165, 1.54) is 0 Å². The molecule has 4 aromatic rings. The van der Waals surface area contributed by atoms with Gasteiger partial charge in [-0.25, -0.2) is 4.79 Å². The van der Waals surface area contributed by atoms with Crippen LogP contribution in [0.3, 0.4) is 0 Å². The number of aromatic amines is 1. The van der Waals surface area contributed by atoms with Crippen LogP contribution in [0.4, 0.5) is 5.69 Å². The van der Waals surface area contributed by atoms with Gasteiger partial charge in [-0.1, -0.05) is 42.8 Å². The Morgan fingerprint density at radius 1 is 1.07 bits per heavy atom. The van der Waals surface area contributed by atoms with Gasteiger partial charge in [-0.2, -0.15) is 0 Å². The average Bonchev–Trinajstić information content (AvgIpc) is 3.41. The number of nitrogens with one attached hydrogen (secondary N) is 1. The number of imidazole rings is 1. The zero-order valence-electron chi connectivity index (χ0n) is 27.0. The smallest absolute Gasteiger partial charge is 0.326 e. The Hall–Kier alpha value is -3.89. The predicted molar refractivity (Wildman–Crippen MR) is 183 cm³/mol. The largest absolute Gasteiger partial charge is 0.397 e. The van der Waals surface area contributed by atoms with Crippen molar-refractivity contribution in [1.82, 2.24) is 29.2 Å². The number of piperidine rings is 2. The summed E-state index contributed by atoms with van der Waals surface area (Å²) in [6.45, 7) is 4.44. The van der Waals surface area contributed by atoms with Gasteiger partial charge in [0.15, 0.2) is 0 Å². The Kier molecular flexibility index (Phi) is 9.38. The van der Waals surface area contributed by atoms with E-state index < -0.39 is 5.92 Å². The van der Waals surface area contributed by atoms with Crippen LogP contribution in [0.2, 0.25) is 5.02 Å². The van der Waals surface area contributed by atoms with Gasteiger partial charge in [-0.3, -0.25) is 19.1 Å². The molecule has 4 heterocycles. The van der Waals surface area contributed by atoms with E-state index in [9.17, 15) is 14.4 Å². The number of nitrogens with two attached hydrogens (primary N) is 1. The molecule has 1 atom stereocenters. The second kappa shape index (κ2) is 13.5. The van der Waals surface area contributed by atoms with Gasteiger partial charge < -0.3 is 25.4 Å². The maximum absolute atomic E-state index is 14.0. The summed E-state index contributed by atoms with van der Waals surface area (Å²) in [6, 6.07) is 12.0. The Bertz CT molecular complexity index is 1800. The summed E-state index contributed by atoms with van der Waals surface area (Å²) >= 11 is 6.48. The number of H-pyrrole nitrogens is 1. The van der Waals surface area contributed by atoms with Crippen LogP contribution in [-0.2, 0) is 22.4 Å². The van der Waals surface area contributed by atoms with Crippen molar-refractivity contribution in [2.45, 2.75) is 64.0 Å². The molecule has 0 radical (unpaired) electrons. The molecule has 2 amide bonds. The molecule has 2 aliphatic rings. The van der Waals surface area contributed by atoms with Crippen LogP contribution in [0.25, 0.3) is 21.9 Å². The fraction of sp³-hybridized carbons (Fsp3) is 0.486. The van der Waals surface area contributed by atoms with Gasteiger partial charge in [-0.15, -0.1) is 0 Å². The first-order chi connectivity index (χ1) is 22.1. The number of anilines is 1. The molecule has 2 saturated heterocycles. The van der Waals surface area contributed by atoms with E-state index in [1.807, 2.05) is 53.1 Å². The number of para-hydroxylation sites is 1. The summed E-state index contributed by atoms with van der Waals surface area (Å²) in [5.41, 5.74) is 10.9. The quantitative estimate of drug-likeness (QED) is 0.270. The summed E-state index contributed by atoms with van der Waals surface area (Å²) in [4.78, 5) is 54.6. The highest BCUT2D eigenvalue weighted by Crippen LogP contribution is 2.31. The van der Waals surface area contributed by atoms with Gasteiger partial charge in [0.25, 0.3) is 0 Å². The Morgan fingerprint density at radius 3 is 2.46 bits per heavy atom. The number of pyridine rings is 1. The lowest BCUT2D eigenvalue weighted by Crippen LogP contribution is -2.48. The first-order valence-electron chi connectivity index (χ1n) is 16.4. The zero-order chi connectivity index (χ0) is 32.5. The van der Waals surface area contributed by atoms with Gasteiger partial charge in [-0.05, 0) is 75.9 Å². The van der Waals surface area contributed by atoms with E-state index in [4.69, 9.17) is 17.3 Å². The number of likely N-dealkylation sites (tertiary alicyclic amines) is 2. The monoisotopic (exact) mass is 645 g/mol. The topological polar surface area (TPSA) is 121 Å². The third-order valence-corrected chi connectivity index (χ3v) is 10.4. The summed E-state index contributed by atoms with van der Waals surface area (Å²) in [5, 5.41) is 1.40. The fourth-order valence-electron chi connectivity index (χ4n) is 7.34. The van der Waals surface area contributed by atoms with E-state index in [-0.39, 0.29) is 30.0 Å². The van der Waals surface area contributed by atoms with E-state index in [0.717, 1.165) is 52.3 Å². The van der Waals surface area contributed by atoms with Crippen molar-refractivity contribution in [3.63, 3.8) is 0 Å². The maximum atomic E-state index is 14.0. The van der Waals surface area contributed by atoms with E-state index in [1.54, 1.807) is 10.8 Å². The molecule has 244 valence electrons. The van der Waals surface area contributed by atoms with Crippen molar-refractivity contribution >= 4 is 51.0 Å². The number of benzene rings is 2. The summed E-state index contributed by atoms with van der Waals surface area (Å²) in [5.74, 6) is -0.506. The number of aryl methyl sites for hydroxylation is 1. The molecular formula is C35H44ClN7O3. The predicted octanol–water partition coefficient (Wildman–Crippen LogP) is 4.64. The van der Waals surface area contributed by atoms with Crippen LogP contribution in [-0.4, -0.2) is 87.4 Å². The zero-order valence-corrected chi connectivity index (χ0v) is 27.7. The van der Waals surface area contributed by atoms with Crippen molar-refractivity contribution in [1.29, 1.82) is 0 Å². The van der Waals surface area contributed by atoms with Crippen LogP contribution in [0.1, 0.15) is 56.2 Å². The van der Waals surface area contributed by atoms with Gasteiger partial charge >= 0.3 is 5.69 Å². The molecule has 3 N–H and O–H groups in total. The van der Waals surface area contributed by atoms with Crippen molar-refractivity contribution < 1.29 is 9.59 Å². The molecule has 2 aromatic carbocycles. The molecule has 11 heteroatoms. The molecule has 0 unspecified atom stereocenters. The third kappa shape index (κ3) is 6.37. The van der Waals surface area contributed by atoms with Crippen LogP contribution >= 0.6 is 11.6 Å². The number of nitrogens with zero attached hydrogens (tertiary/aromatic N) is 5. The number of hydrogen-bond donors (Lipinski definition) is 2. The van der Waals surface area contributed by atoms with Gasteiger partial charge in [0.1, 0.15) is 0 Å². The fourth-order valence-corrected chi connectivity index (χ4v) is 7.60. The molecule has 0 bridgehead atoms. The number of fused-ring (bicyclic) bond motifs is 3. The lowest BCUT2D eigenvalue weighted by atomic mass is 9.91. The molecule has 46 heavy (non-hydrogen) atoms. The minimum atomic E-state index is -0.499. The Balaban J connectivity index is 1.17. The van der Waals surface area contributed by atoms with E-state index in [2.05, 4.69) is 29.0 Å². The number of carbonyl (C=O) groups is 2. The number of rotatable bonds is 8. The van der Waals surface area contributed by atoms with Crippen LogP contribution in [0.5, 0.6) is 0 Å². The minimum Gasteiger partial charge on any atom is -0.397 e.